The van der Waals surface area contributed by atoms with Gasteiger partial charge in [-0.3, -0.25) is 10.1 Å². The minimum absolute atomic E-state index is 0.375. The number of carbonyl (C=O) groups is 2. The van der Waals surface area contributed by atoms with E-state index in [1.165, 1.54) is 7.05 Å². The highest BCUT2D eigenvalue weighted by Gasteiger charge is 2.31. The average Bonchev–Trinajstić information content (AvgIpc) is 2.68. The van der Waals surface area contributed by atoms with E-state index in [0.29, 0.717) is 18.0 Å². The molecular formula is C20H26N3O4+. The van der Waals surface area contributed by atoms with Crippen molar-refractivity contribution in [3.8, 4) is 11.5 Å². The Morgan fingerprint density at radius 3 is 2.33 bits per heavy atom. The largest absolute Gasteiger partial charge is 0.493 e. The van der Waals surface area contributed by atoms with Crippen LogP contribution < -0.4 is 25.0 Å². The predicted molar refractivity (Wildman–Crippen MR) is 102 cm³/mol. The summed E-state index contributed by atoms with van der Waals surface area (Å²) in [6, 6.07) is 13.9. The maximum atomic E-state index is 12.8. The summed E-state index contributed by atoms with van der Waals surface area (Å²) < 4.78 is 10.8. The monoisotopic (exact) mass is 372 g/mol. The SMILES string of the molecule is CNC(=O)NC(=O)[C@H](c1ccccc1)[NH+](C)Cc1cccc(OC)c1OC. The van der Waals surface area contributed by atoms with Gasteiger partial charge in [-0.2, -0.15) is 0 Å². The van der Waals surface area contributed by atoms with E-state index in [1.807, 2.05) is 55.6 Å². The Labute approximate surface area is 159 Å². The van der Waals surface area contributed by atoms with Crippen LogP contribution in [0.1, 0.15) is 17.2 Å². The molecule has 7 heteroatoms. The molecule has 7 nitrogen and oxygen atoms in total. The first-order valence-corrected chi connectivity index (χ1v) is 8.61. The number of rotatable bonds is 7. The van der Waals surface area contributed by atoms with Crippen LogP contribution >= 0.6 is 0 Å². The van der Waals surface area contributed by atoms with E-state index in [0.717, 1.165) is 16.0 Å². The maximum absolute atomic E-state index is 12.8. The van der Waals surface area contributed by atoms with Crippen molar-refractivity contribution in [1.29, 1.82) is 0 Å². The van der Waals surface area contributed by atoms with Crippen molar-refractivity contribution in [2.24, 2.45) is 0 Å². The number of quaternary nitrogens is 1. The van der Waals surface area contributed by atoms with Gasteiger partial charge in [0.1, 0.15) is 6.54 Å². The lowest BCUT2D eigenvalue weighted by atomic mass is 10.0. The summed E-state index contributed by atoms with van der Waals surface area (Å²) in [6.45, 7) is 0.501. The number of methoxy groups -OCH3 is 2. The first-order valence-electron chi connectivity index (χ1n) is 8.61. The maximum Gasteiger partial charge on any atom is 0.321 e. The summed E-state index contributed by atoms with van der Waals surface area (Å²) in [5, 5.41) is 4.79. The lowest BCUT2D eigenvalue weighted by Crippen LogP contribution is -3.09. The Bertz CT molecular complexity index is 780. The van der Waals surface area contributed by atoms with Crippen LogP contribution in [0.4, 0.5) is 4.79 Å². The minimum atomic E-state index is -0.570. The van der Waals surface area contributed by atoms with E-state index in [1.54, 1.807) is 14.2 Å². The molecule has 0 radical (unpaired) electrons. The number of likely N-dealkylation sites (N-methyl/N-ethyl adjacent to an activating group) is 1. The lowest BCUT2D eigenvalue weighted by molar-refractivity contribution is -0.916. The molecule has 3 amide bonds. The number of ether oxygens (including phenoxy) is 2. The van der Waals surface area contributed by atoms with Crippen LogP contribution in [-0.2, 0) is 11.3 Å². The zero-order valence-electron chi connectivity index (χ0n) is 16.0. The standard InChI is InChI=1S/C20H25N3O4/c1-21-20(25)22-19(24)17(14-9-6-5-7-10-14)23(2)13-15-11-8-12-16(26-3)18(15)27-4/h5-12,17H,13H2,1-4H3,(H2,21,22,24,25)/p+1/t17-/m0/s1. The van der Waals surface area contributed by atoms with E-state index < -0.39 is 12.1 Å². The first kappa shape index (κ1) is 20.3. The van der Waals surface area contributed by atoms with Crippen molar-refractivity contribution in [2.75, 3.05) is 28.3 Å². The van der Waals surface area contributed by atoms with E-state index in [9.17, 15) is 9.59 Å². The molecule has 144 valence electrons. The van der Waals surface area contributed by atoms with Gasteiger partial charge in [0.25, 0.3) is 5.91 Å². The van der Waals surface area contributed by atoms with Crippen LogP contribution in [0.2, 0.25) is 0 Å². The molecule has 0 saturated carbocycles. The number of amides is 3. The van der Waals surface area contributed by atoms with Crippen LogP contribution in [0, 0.1) is 0 Å². The third-order valence-corrected chi connectivity index (χ3v) is 4.31. The van der Waals surface area contributed by atoms with E-state index >= 15 is 0 Å². The van der Waals surface area contributed by atoms with Crippen LogP contribution in [0.25, 0.3) is 0 Å². The second-order valence-electron chi connectivity index (χ2n) is 6.09. The summed E-state index contributed by atoms with van der Waals surface area (Å²) in [5.41, 5.74) is 1.72. The predicted octanol–water partition coefficient (Wildman–Crippen LogP) is 0.915. The van der Waals surface area contributed by atoms with Crippen LogP contribution in [0.3, 0.4) is 0 Å². The average molecular weight is 372 g/mol. The number of imide groups is 1. The quantitative estimate of drug-likeness (QED) is 0.675. The van der Waals surface area contributed by atoms with Gasteiger partial charge in [0.05, 0.1) is 26.8 Å². The zero-order chi connectivity index (χ0) is 19.8. The molecule has 0 fully saturated rings. The van der Waals surface area contributed by atoms with Gasteiger partial charge in [-0.25, -0.2) is 4.79 Å². The summed E-state index contributed by atoms with van der Waals surface area (Å²) in [5.74, 6) is 0.895. The van der Waals surface area contributed by atoms with E-state index in [-0.39, 0.29) is 5.91 Å². The smallest absolute Gasteiger partial charge is 0.321 e. The van der Waals surface area contributed by atoms with Crippen molar-refractivity contribution in [3.63, 3.8) is 0 Å². The summed E-state index contributed by atoms with van der Waals surface area (Å²) >= 11 is 0. The highest BCUT2D eigenvalue weighted by atomic mass is 16.5. The number of carbonyl (C=O) groups excluding carboxylic acids is 2. The Morgan fingerprint density at radius 2 is 1.74 bits per heavy atom. The molecule has 1 unspecified atom stereocenters. The van der Waals surface area contributed by atoms with Crippen LogP contribution in [0.15, 0.2) is 48.5 Å². The number of urea groups is 1. The molecule has 0 aliphatic heterocycles. The second kappa shape index (κ2) is 9.59. The van der Waals surface area contributed by atoms with Gasteiger partial charge in [-0.15, -0.1) is 0 Å². The summed E-state index contributed by atoms with van der Waals surface area (Å²) in [7, 11) is 6.54. The molecule has 0 heterocycles. The third kappa shape index (κ3) is 4.98. The van der Waals surface area contributed by atoms with E-state index in [2.05, 4.69) is 10.6 Å². The molecule has 0 aliphatic carbocycles. The normalized spacial score (nSPS) is 12.6. The van der Waals surface area contributed by atoms with Crippen molar-refractivity contribution in [2.45, 2.75) is 12.6 Å². The number of nitrogens with one attached hydrogen (secondary N) is 3. The summed E-state index contributed by atoms with van der Waals surface area (Å²) in [4.78, 5) is 25.3. The van der Waals surface area contributed by atoms with Gasteiger partial charge >= 0.3 is 6.03 Å². The Hall–Kier alpha value is -3.06. The van der Waals surface area contributed by atoms with Gasteiger partial charge in [0.2, 0.25) is 0 Å². The van der Waals surface area contributed by atoms with E-state index in [4.69, 9.17) is 9.47 Å². The number of hydrogen-bond acceptors (Lipinski definition) is 4. The Morgan fingerprint density at radius 1 is 1.04 bits per heavy atom. The number of benzene rings is 2. The van der Waals surface area contributed by atoms with Gasteiger partial charge in [-0.05, 0) is 12.1 Å². The number of hydrogen-bond donors (Lipinski definition) is 3. The molecule has 3 N–H and O–H groups in total. The highest BCUT2D eigenvalue weighted by molar-refractivity contribution is 5.96. The molecule has 2 rings (SSSR count). The Balaban J connectivity index is 2.33. The highest BCUT2D eigenvalue weighted by Crippen LogP contribution is 2.30. The molecule has 2 aromatic carbocycles. The second-order valence-corrected chi connectivity index (χ2v) is 6.09. The molecule has 0 saturated heterocycles. The van der Waals surface area contributed by atoms with Gasteiger partial charge in [0.15, 0.2) is 17.5 Å². The fourth-order valence-electron chi connectivity index (χ4n) is 3.05. The zero-order valence-corrected chi connectivity index (χ0v) is 16.0. The molecule has 27 heavy (non-hydrogen) atoms. The third-order valence-electron chi connectivity index (χ3n) is 4.31. The molecule has 0 aliphatic rings. The molecule has 2 atom stereocenters. The molecule has 0 bridgehead atoms. The number of para-hydroxylation sites is 1. The molecule has 2 aromatic rings. The Kier molecular flexibility index (Phi) is 7.19. The van der Waals surface area contributed by atoms with Crippen molar-refractivity contribution >= 4 is 11.9 Å². The first-order chi connectivity index (χ1) is 13.0. The van der Waals surface area contributed by atoms with Crippen LogP contribution in [-0.4, -0.2) is 40.3 Å². The van der Waals surface area contributed by atoms with Crippen molar-refractivity contribution in [3.05, 3.63) is 59.7 Å². The fraction of sp³-hybridized carbons (Fsp3) is 0.300. The molecular weight excluding hydrogens is 346 g/mol. The molecule has 0 aromatic heterocycles. The van der Waals surface area contributed by atoms with Gasteiger partial charge < -0.3 is 19.7 Å². The van der Waals surface area contributed by atoms with Gasteiger partial charge in [-0.1, -0.05) is 36.4 Å². The fourth-order valence-corrected chi connectivity index (χ4v) is 3.05. The lowest BCUT2D eigenvalue weighted by Gasteiger charge is -2.25. The van der Waals surface area contributed by atoms with Crippen molar-refractivity contribution < 1.29 is 24.0 Å². The van der Waals surface area contributed by atoms with Crippen molar-refractivity contribution in [1.82, 2.24) is 10.6 Å². The summed E-state index contributed by atoms with van der Waals surface area (Å²) in [6.07, 6.45) is 0. The minimum Gasteiger partial charge on any atom is -0.493 e. The topological polar surface area (TPSA) is 81.1 Å². The van der Waals surface area contributed by atoms with Gasteiger partial charge in [0, 0.05) is 12.6 Å². The molecule has 0 spiro atoms. The van der Waals surface area contributed by atoms with Crippen LogP contribution in [0.5, 0.6) is 11.5 Å².